The fourth-order valence-corrected chi connectivity index (χ4v) is 5.44. The molecule has 0 aliphatic heterocycles. The van der Waals surface area contributed by atoms with E-state index < -0.39 is 0 Å². The van der Waals surface area contributed by atoms with E-state index in [0.29, 0.717) is 41.1 Å². The van der Waals surface area contributed by atoms with Crippen LogP contribution >= 0.6 is 0 Å². The normalized spacial score (nSPS) is 25.1. The second kappa shape index (κ2) is 6.69. The van der Waals surface area contributed by atoms with E-state index >= 15 is 0 Å². The molecule has 2 bridgehead atoms. The molecule has 1 amide bonds. The van der Waals surface area contributed by atoms with E-state index in [4.69, 9.17) is 9.15 Å². The summed E-state index contributed by atoms with van der Waals surface area (Å²) in [5.74, 6) is 2.82. The van der Waals surface area contributed by atoms with Crippen molar-refractivity contribution in [2.75, 3.05) is 6.54 Å². The molecule has 3 aromatic rings. The van der Waals surface area contributed by atoms with Gasteiger partial charge in [-0.2, -0.15) is 0 Å². The SMILES string of the molecule is O=C(NC[C@H]1C[C@H]2C=C[C@H]1C21CC1)c1coc(COc2ccc3ncccc3c2)n1. The van der Waals surface area contributed by atoms with Crippen molar-refractivity contribution in [3.8, 4) is 5.75 Å². The van der Waals surface area contributed by atoms with Crippen LogP contribution in [0.1, 0.15) is 35.6 Å². The molecule has 3 aliphatic rings. The van der Waals surface area contributed by atoms with Gasteiger partial charge in [0, 0.05) is 18.1 Å². The number of rotatable bonds is 6. The number of nitrogens with one attached hydrogen (secondary N) is 1. The summed E-state index contributed by atoms with van der Waals surface area (Å²) in [4.78, 5) is 21.1. The lowest BCUT2D eigenvalue weighted by atomic mass is 9.89. The van der Waals surface area contributed by atoms with Crippen LogP contribution < -0.4 is 10.1 Å². The summed E-state index contributed by atoms with van der Waals surface area (Å²) in [6.45, 7) is 0.870. The summed E-state index contributed by atoms with van der Waals surface area (Å²) in [6.07, 6.45) is 11.8. The summed E-state index contributed by atoms with van der Waals surface area (Å²) in [5.41, 5.74) is 1.77. The number of fused-ring (bicyclic) bond motifs is 1. The minimum absolute atomic E-state index is 0.165. The zero-order chi connectivity index (χ0) is 20.1. The molecular formula is C24H23N3O3. The molecule has 2 heterocycles. The standard InChI is InChI=1S/C24H23N3O3/c28-23(26-12-16-10-17-3-5-19(16)24(17)7-8-24)21-13-30-22(27-21)14-29-18-4-6-20-15(11-18)2-1-9-25-20/h1-6,9,11,13,16-17,19H,7-8,10,12,14H2,(H,26,28)/t16-,17-,19-/m1/s1. The van der Waals surface area contributed by atoms with E-state index in [1.165, 1.54) is 25.5 Å². The van der Waals surface area contributed by atoms with E-state index in [0.717, 1.165) is 16.8 Å². The monoisotopic (exact) mass is 401 g/mol. The summed E-state index contributed by atoms with van der Waals surface area (Å²) in [6, 6.07) is 9.58. The van der Waals surface area contributed by atoms with Gasteiger partial charge in [-0.05, 0) is 66.7 Å². The lowest BCUT2D eigenvalue weighted by Crippen LogP contribution is -2.31. The maximum atomic E-state index is 12.5. The average molecular weight is 401 g/mol. The number of pyridine rings is 1. The Bertz CT molecular complexity index is 1150. The zero-order valence-corrected chi connectivity index (χ0v) is 16.6. The second-order valence-corrected chi connectivity index (χ2v) is 8.73. The third-order valence-electron chi connectivity index (χ3n) is 7.09. The number of ether oxygens (including phenoxy) is 1. The largest absolute Gasteiger partial charge is 0.484 e. The van der Waals surface area contributed by atoms with Gasteiger partial charge in [-0.15, -0.1) is 0 Å². The highest BCUT2D eigenvalue weighted by Gasteiger charge is 2.62. The molecule has 30 heavy (non-hydrogen) atoms. The molecule has 6 nitrogen and oxygen atoms in total. The zero-order valence-electron chi connectivity index (χ0n) is 16.6. The Morgan fingerprint density at radius 1 is 1.27 bits per heavy atom. The van der Waals surface area contributed by atoms with Crippen LogP contribution in [0.4, 0.5) is 0 Å². The maximum absolute atomic E-state index is 12.5. The van der Waals surface area contributed by atoms with Gasteiger partial charge in [0.1, 0.15) is 12.0 Å². The number of aromatic nitrogens is 2. The highest BCUT2D eigenvalue weighted by molar-refractivity contribution is 5.91. The summed E-state index contributed by atoms with van der Waals surface area (Å²) >= 11 is 0. The molecule has 1 N–H and O–H groups in total. The van der Waals surface area contributed by atoms with Gasteiger partial charge in [0.05, 0.1) is 5.52 Å². The van der Waals surface area contributed by atoms with Crippen LogP contribution in [0.3, 0.4) is 0 Å². The Labute approximate surface area is 174 Å². The molecule has 1 aromatic carbocycles. The van der Waals surface area contributed by atoms with Crippen LogP contribution in [0.2, 0.25) is 0 Å². The molecule has 2 fully saturated rings. The van der Waals surface area contributed by atoms with Crippen LogP contribution in [0.5, 0.6) is 5.75 Å². The Balaban J connectivity index is 1.05. The van der Waals surface area contributed by atoms with E-state index in [-0.39, 0.29) is 12.5 Å². The fraction of sp³-hybridized carbons (Fsp3) is 0.375. The van der Waals surface area contributed by atoms with Crippen LogP contribution in [0, 0.1) is 23.2 Å². The number of hydrogen-bond acceptors (Lipinski definition) is 5. The average Bonchev–Trinajstić information content (AvgIpc) is 3.19. The highest BCUT2D eigenvalue weighted by atomic mass is 16.5. The molecule has 0 radical (unpaired) electrons. The molecule has 2 aromatic heterocycles. The number of allylic oxidation sites excluding steroid dienone is 2. The van der Waals surface area contributed by atoms with Crippen LogP contribution in [0.15, 0.2) is 59.4 Å². The Hall–Kier alpha value is -3.15. The summed E-state index contributed by atoms with van der Waals surface area (Å²) in [5, 5.41) is 4.06. The van der Waals surface area contributed by atoms with Crippen molar-refractivity contribution in [1.29, 1.82) is 0 Å². The van der Waals surface area contributed by atoms with Gasteiger partial charge in [0.15, 0.2) is 12.3 Å². The lowest BCUT2D eigenvalue weighted by molar-refractivity contribution is 0.0939. The van der Waals surface area contributed by atoms with Crippen molar-refractivity contribution < 1.29 is 13.9 Å². The first kappa shape index (κ1) is 17.7. The van der Waals surface area contributed by atoms with Gasteiger partial charge in [-0.1, -0.05) is 18.2 Å². The van der Waals surface area contributed by atoms with Crippen molar-refractivity contribution >= 4 is 16.8 Å². The third-order valence-corrected chi connectivity index (χ3v) is 7.09. The first-order chi connectivity index (χ1) is 14.7. The van der Waals surface area contributed by atoms with Crippen molar-refractivity contribution in [3.63, 3.8) is 0 Å². The Kier molecular flexibility index (Phi) is 3.94. The van der Waals surface area contributed by atoms with Gasteiger partial charge in [0.25, 0.3) is 5.91 Å². The van der Waals surface area contributed by atoms with Crippen molar-refractivity contribution in [2.24, 2.45) is 23.2 Å². The lowest BCUT2D eigenvalue weighted by Gasteiger charge is -2.19. The number of nitrogens with zero attached hydrogens (tertiary/aromatic N) is 2. The summed E-state index contributed by atoms with van der Waals surface area (Å²) < 4.78 is 11.2. The topological polar surface area (TPSA) is 77.2 Å². The number of carbonyl (C=O) groups excluding carboxylic acids is 1. The first-order valence-corrected chi connectivity index (χ1v) is 10.6. The minimum atomic E-state index is -0.182. The first-order valence-electron chi connectivity index (χ1n) is 10.6. The van der Waals surface area contributed by atoms with Gasteiger partial charge >= 0.3 is 0 Å². The van der Waals surface area contributed by atoms with E-state index in [2.05, 4.69) is 27.4 Å². The molecule has 6 heteroatoms. The van der Waals surface area contributed by atoms with Crippen LogP contribution in [-0.4, -0.2) is 22.4 Å². The number of amides is 1. The maximum Gasteiger partial charge on any atom is 0.273 e. The van der Waals surface area contributed by atoms with E-state index in [1.807, 2.05) is 30.3 Å². The molecule has 3 atom stereocenters. The van der Waals surface area contributed by atoms with Crippen molar-refractivity contribution in [1.82, 2.24) is 15.3 Å². The molecule has 0 saturated heterocycles. The molecule has 1 spiro atoms. The Morgan fingerprint density at radius 3 is 3.07 bits per heavy atom. The van der Waals surface area contributed by atoms with Gasteiger partial charge in [-0.25, -0.2) is 4.98 Å². The van der Waals surface area contributed by atoms with Crippen molar-refractivity contribution in [3.05, 3.63) is 66.5 Å². The number of carbonyl (C=O) groups is 1. The predicted octanol–water partition coefficient (Wildman–Crippen LogP) is 4.13. The van der Waals surface area contributed by atoms with E-state index in [1.54, 1.807) is 6.20 Å². The second-order valence-electron chi connectivity index (χ2n) is 8.73. The van der Waals surface area contributed by atoms with Gasteiger partial charge in [0.2, 0.25) is 5.89 Å². The van der Waals surface area contributed by atoms with Crippen LogP contribution in [-0.2, 0) is 6.61 Å². The third kappa shape index (κ3) is 2.90. The summed E-state index contributed by atoms with van der Waals surface area (Å²) in [7, 11) is 0. The predicted molar refractivity (Wildman–Crippen MR) is 111 cm³/mol. The number of oxazole rings is 1. The van der Waals surface area contributed by atoms with Gasteiger partial charge < -0.3 is 14.5 Å². The number of hydrogen-bond donors (Lipinski definition) is 1. The molecule has 0 unspecified atom stereocenters. The fourth-order valence-electron chi connectivity index (χ4n) is 5.44. The number of benzene rings is 1. The quantitative estimate of drug-likeness (QED) is 0.629. The van der Waals surface area contributed by atoms with E-state index in [9.17, 15) is 4.79 Å². The molecule has 2 saturated carbocycles. The van der Waals surface area contributed by atoms with Crippen LogP contribution in [0.25, 0.3) is 10.9 Å². The van der Waals surface area contributed by atoms with Crippen molar-refractivity contribution in [2.45, 2.75) is 25.9 Å². The smallest absolute Gasteiger partial charge is 0.273 e. The molecule has 6 rings (SSSR count). The molecular weight excluding hydrogens is 378 g/mol. The highest BCUT2D eigenvalue weighted by Crippen LogP contribution is 2.69. The minimum Gasteiger partial charge on any atom is -0.484 e. The molecule has 152 valence electrons. The molecule has 3 aliphatic carbocycles. The van der Waals surface area contributed by atoms with Gasteiger partial charge in [-0.3, -0.25) is 9.78 Å². The Morgan fingerprint density at radius 2 is 2.20 bits per heavy atom.